The van der Waals surface area contributed by atoms with Crippen molar-refractivity contribution >= 4 is 12.0 Å². The van der Waals surface area contributed by atoms with Crippen LogP contribution in [0.2, 0.25) is 0 Å². The van der Waals surface area contributed by atoms with Crippen molar-refractivity contribution < 1.29 is 34.0 Å². The van der Waals surface area contributed by atoms with Crippen molar-refractivity contribution in [3.8, 4) is 5.75 Å². The zero-order valence-electron chi connectivity index (χ0n) is 29.6. The molecule has 0 spiro atoms. The molecule has 3 aromatic rings. The summed E-state index contributed by atoms with van der Waals surface area (Å²) >= 11 is 0. The largest absolute Gasteiger partial charge is 0.492 e. The Morgan fingerprint density at radius 3 is 2.38 bits per heavy atom. The molecule has 50 heavy (non-hydrogen) atoms. The first-order valence-corrected chi connectivity index (χ1v) is 17.8. The molecule has 10 nitrogen and oxygen atoms in total. The summed E-state index contributed by atoms with van der Waals surface area (Å²) in [5, 5.41) is 28.6. The number of aliphatic hydroxyl groups is 2. The number of carbonyl (C=O) groups is 2. The van der Waals surface area contributed by atoms with Crippen LogP contribution >= 0.6 is 0 Å². The highest BCUT2D eigenvalue weighted by atomic mass is 16.6. The molecule has 0 radical (unpaired) electrons. The van der Waals surface area contributed by atoms with Crippen LogP contribution in [0.25, 0.3) is 0 Å². The van der Waals surface area contributed by atoms with E-state index >= 15 is 0 Å². The summed E-state index contributed by atoms with van der Waals surface area (Å²) in [6, 6.07) is 24.0. The third-order valence-electron chi connectivity index (χ3n) is 9.35. The first-order valence-electron chi connectivity index (χ1n) is 17.8. The quantitative estimate of drug-likeness (QED) is 0.183. The number of benzene rings is 3. The maximum Gasteiger partial charge on any atom is 0.407 e. The first kappa shape index (κ1) is 37.3. The second-order valence-corrected chi connectivity index (χ2v) is 14.4. The van der Waals surface area contributed by atoms with Crippen molar-refractivity contribution in [2.45, 2.75) is 82.8 Å². The van der Waals surface area contributed by atoms with Crippen molar-refractivity contribution in [3.63, 3.8) is 0 Å². The third-order valence-corrected chi connectivity index (χ3v) is 9.35. The van der Waals surface area contributed by atoms with E-state index in [1.165, 1.54) is 0 Å². The van der Waals surface area contributed by atoms with Gasteiger partial charge in [-0.3, -0.25) is 9.69 Å². The topological polar surface area (TPSA) is 130 Å². The number of fused-ring (bicyclic) bond motifs is 1. The highest BCUT2D eigenvalue weighted by Crippen LogP contribution is 2.32. The number of amides is 2. The van der Waals surface area contributed by atoms with Gasteiger partial charge in [0.15, 0.2) is 0 Å². The maximum atomic E-state index is 14.0. The van der Waals surface area contributed by atoms with Gasteiger partial charge in [0.2, 0.25) is 5.91 Å². The van der Waals surface area contributed by atoms with E-state index in [1.54, 1.807) is 20.8 Å². The fraction of sp³-hybridized carbons (Fsp3) is 0.500. The van der Waals surface area contributed by atoms with Gasteiger partial charge in [-0.05, 0) is 80.8 Å². The molecule has 1 heterocycles. The van der Waals surface area contributed by atoms with Crippen LogP contribution in [-0.2, 0) is 33.5 Å². The van der Waals surface area contributed by atoms with Crippen LogP contribution in [0.15, 0.2) is 78.9 Å². The molecule has 5 atom stereocenters. The van der Waals surface area contributed by atoms with E-state index in [2.05, 4.69) is 15.5 Å². The predicted molar refractivity (Wildman–Crippen MR) is 192 cm³/mol. The van der Waals surface area contributed by atoms with Crippen molar-refractivity contribution in [1.29, 1.82) is 0 Å². The summed E-state index contributed by atoms with van der Waals surface area (Å²) < 4.78 is 16.9. The number of ether oxygens (including phenoxy) is 3. The molecule has 10 heteroatoms. The lowest BCUT2D eigenvalue weighted by Gasteiger charge is -2.29. The molecule has 1 fully saturated rings. The van der Waals surface area contributed by atoms with Crippen LogP contribution in [0, 0.1) is 5.92 Å². The van der Waals surface area contributed by atoms with Gasteiger partial charge in [0, 0.05) is 32.0 Å². The lowest BCUT2D eigenvalue weighted by Crippen LogP contribution is -2.48. The summed E-state index contributed by atoms with van der Waals surface area (Å²) in [7, 11) is 0. The second kappa shape index (κ2) is 17.8. The van der Waals surface area contributed by atoms with Gasteiger partial charge < -0.3 is 35.1 Å². The molecule has 0 unspecified atom stereocenters. The minimum absolute atomic E-state index is 0.104. The minimum atomic E-state index is -1.05. The van der Waals surface area contributed by atoms with Gasteiger partial charge in [0.25, 0.3) is 0 Å². The standard InChI is InChI=1S/C40H53N3O7/c1-40(2,3)50-39(47)41-34(25-29-9-5-4-6-10-29)35(44)27-31(38(46)42-37-33-12-8-7-11-30(33)26-36(37)45)16-13-28-14-17-32(18-15-28)49-24-21-43-19-22-48-23-20-43/h4-12,14-15,17-18,31,34-37,44-45H,13,16,19-27H2,1-3H3,(H,41,47)(H,42,46)/t31-,34+,35+,36-,37+/m1/s1. The Kier molecular flexibility index (Phi) is 13.3. The molecule has 1 aliphatic heterocycles. The second-order valence-electron chi connectivity index (χ2n) is 14.4. The van der Waals surface area contributed by atoms with Crippen molar-refractivity contribution in [2.75, 3.05) is 39.5 Å². The van der Waals surface area contributed by atoms with Gasteiger partial charge in [-0.15, -0.1) is 0 Å². The fourth-order valence-electron chi connectivity index (χ4n) is 6.65. The number of hydrogen-bond donors (Lipinski definition) is 4. The maximum absolute atomic E-state index is 14.0. The predicted octanol–water partition coefficient (Wildman–Crippen LogP) is 4.61. The molecule has 0 saturated carbocycles. The number of alkyl carbamates (subject to hydrolysis) is 1. The molecular weight excluding hydrogens is 634 g/mol. The van der Waals surface area contributed by atoms with E-state index in [4.69, 9.17) is 14.2 Å². The molecule has 2 amide bonds. The Bertz CT molecular complexity index is 1510. The Balaban J connectivity index is 1.27. The lowest BCUT2D eigenvalue weighted by molar-refractivity contribution is -0.128. The fourth-order valence-corrected chi connectivity index (χ4v) is 6.65. The Hall–Kier alpha value is -3.96. The normalized spacial score (nSPS) is 19.5. The summed E-state index contributed by atoms with van der Waals surface area (Å²) in [6.07, 6.45) is -0.450. The van der Waals surface area contributed by atoms with E-state index in [0.29, 0.717) is 32.3 Å². The molecule has 0 bridgehead atoms. The summed E-state index contributed by atoms with van der Waals surface area (Å²) in [5.74, 6) is -0.0608. The molecule has 1 saturated heterocycles. The van der Waals surface area contributed by atoms with Crippen LogP contribution in [0.4, 0.5) is 4.79 Å². The van der Waals surface area contributed by atoms with Gasteiger partial charge in [0.05, 0.1) is 37.5 Å². The molecule has 5 rings (SSSR count). The molecule has 270 valence electrons. The number of rotatable bonds is 15. The number of morpholine rings is 1. The molecule has 0 aromatic heterocycles. The number of hydrogen-bond acceptors (Lipinski definition) is 8. The number of aryl methyl sites for hydroxylation is 1. The molecule has 2 aliphatic rings. The van der Waals surface area contributed by atoms with Crippen molar-refractivity contribution in [2.24, 2.45) is 5.92 Å². The Labute approximate surface area is 296 Å². The summed E-state index contributed by atoms with van der Waals surface area (Å²) in [5.41, 5.74) is 3.18. The highest BCUT2D eigenvalue weighted by molar-refractivity contribution is 5.79. The average Bonchev–Trinajstić information content (AvgIpc) is 3.41. The van der Waals surface area contributed by atoms with Crippen LogP contribution in [-0.4, -0.2) is 90.4 Å². The Morgan fingerprint density at radius 1 is 0.960 bits per heavy atom. The zero-order valence-corrected chi connectivity index (χ0v) is 29.6. The average molecular weight is 688 g/mol. The SMILES string of the molecule is CC(C)(C)OC(=O)N[C@@H](Cc1ccccc1)[C@@H](O)C[C@@H](CCc1ccc(OCCN2CCOCC2)cc1)C(=O)N[C@H]1c2ccccc2C[C@H]1O. The van der Waals surface area contributed by atoms with Gasteiger partial charge in [-0.2, -0.15) is 0 Å². The van der Waals surface area contributed by atoms with E-state index < -0.39 is 41.9 Å². The molecule has 3 aromatic carbocycles. The van der Waals surface area contributed by atoms with E-state index in [1.807, 2.05) is 78.9 Å². The Morgan fingerprint density at radius 2 is 1.66 bits per heavy atom. The van der Waals surface area contributed by atoms with Crippen LogP contribution < -0.4 is 15.4 Å². The number of nitrogens with one attached hydrogen (secondary N) is 2. The van der Waals surface area contributed by atoms with E-state index in [-0.39, 0.29) is 12.3 Å². The van der Waals surface area contributed by atoms with Gasteiger partial charge >= 0.3 is 6.09 Å². The molecular formula is C40H53N3O7. The molecule has 4 N–H and O–H groups in total. The van der Waals surface area contributed by atoms with Crippen LogP contribution in [0.5, 0.6) is 5.75 Å². The van der Waals surface area contributed by atoms with Gasteiger partial charge in [-0.1, -0.05) is 66.7 Å². The minimum Gasteiger partial charge on any atom is -0.492 e. The van der Waals surface area contributed by atoms with Crippen LogP contribution in [0.1, 0.15) is 61.9 Å². The van der Waals surface area contributed by atoms with Crippen molar-refractivity contribution in [3.05, 3.63) is 101 Å². The first-order chi connectivity index (χ1) is 24.0. The number of nitrogens with zero attached hydrogens (tertiary/aromatic N) is 1. The highest BCUT2D eigenvalue weighted by Gasteiger charge is 2.35. The van der Waals surface area contributed by atoms with Gasteiger partial charge in [0.1, 0.15) is 18.0 Å². The van der Waals surface area contributed by atoms with Crippen molar-refractivity contribution in [1.82, 2.24) is 15.5 Å². The lowest BCUT2D eigenvalue weighted by atomic mass is 9.88. The van der Waals surface area contributed by atoms with Gasteiger partial charge in [-0.25, -0.2) is 4.79 Å². The van der Waals surface area contributed by atoms with Crippen LogP contribution in [0.3, 0.4) is 0 Å². The summed E-state index contributed by atoms with van der Waals surface area (Å²) in [4.78, 5) is 29.2. The number of carbonyl (C=O) groups excluding carboxylic acids is 2. The zero-order chi connectivity index (χ0) is 35.5. The third kappa shape index (κ3) is 11.3. The smallest absolute Gasteiger partial charge is 0.407 e. The van der Waals surface area contributed by atoms with E-state index in [9.17, 15) is 19.8 Å². The summed E-state index contributed by atoms with van der Waals surface area (Å²) in [6.45, 7) is 10.2. The number of aliphatic hydroxyl groups excluding tert-OH is 2. The monoisotopic (exact) mass is 687 g/mol. The van der Waals surface area contributed by atoms with E-state index in [0.717, 1.165) is 60.9 Å². The molecule has 1 aliphatic carbocycles.